The van der Waals surface area contributed by atoms with Crippen molar-refractivity contribution in [3.8, 4) is 5.75 Å². The number of hydrogen-bond donors (Lipinski definition) is 2. The minimum absolute atomic E-state index is 0.164. The van der Waals surface area contributed by atoms with Gasteiger partial charge in [0.25, 0.3) is 0 Å². The molecule has 1 aromatic carbocycles. The van der Waals surface area contributed by atoms with Crippen LogP contribution in [-0.2, 0) is 20.1 Å². The number of rotatable bonds is 5. The highest BCUT2D eigenvalue weighted by molar-refractivity contribution is 5.79. The van der Waals surface area contributed by atoms with E-state index in [-0.39, 0.29) is 5.84 Å². The molecule has 2 rings (SSSR count). The molecule has 0 radical (unpaired) electrons. The smallest absolute Gasteiger partial charge is 0.132 e. The first-order chi connectivity index (χ1) is 8.63. The van der Waals surface area contributed by atoms with Gasteiger partial charge in [-0.3, -0.25) is 10.1 Å². The molecule has 94 valence electrons. The van der Waals surface area contributed by atoms with Crippen molar-refractivity contribution in [1.29, 1.82) is 5.41 Å². The van der Waals surface area contributed by atoms with Crippen LogP contribution in [0.4, 0.5) is 0 Å². The molecule has 0 saturated heterocycles. The van der Waals surface area contributed by atoms with Crippen molar-refractivity contribution in [2.75, 3.05) is 0 Å². The Morgan fingerprint density at radius 2 is 2.06 bits per heavy atom. The second-order valence-corrected chi connectivity index (χ2v) is 4.12. The molecule has 18 heavy (non-hydrogen) atoms. The number of amidine groups is 1. The van der Waals surface area contributed by atoms with Crippen LogP contribution in [0.25, 0.3) is 0 Å². The summed E-state index contributed by atoms with van der Waals surface area (Å²) < 4.78 is 7.35. The van der Waals surface area contributed by atoms with Crippen molar-refractivity contribution >= 4 is 5.84 Å². The van der Waals surface area contributed by atoms with Gasteiger partial charge in [-0.25, -0.2) is 0 Å². The number of benzene rings is 1. The van der Waals surface area contributed by atoms with Gasteiger partial charge in [-0.1, -0.05) is 12.1 Å². The summed E-state index contributed by atoms with van der Waals surface area (Å²) >= 11 is 0. The summed E-state index contributed by atoms with van der Waals surface area (Å²) in [6.45, 7) is 0.451. The highest BCUT2D eigenvalue weighted by Crippen LogP contribution is 2.14. The molecule has 0 aliphatic heterocycles. The summed E-state index contributed by atoms with van der Waals surface area (Å²) in [6.07, 6.45) is 2.36. The Hall–Kier alpha value is -2.30. The Kier molecular flexibility index (Phi) is 3.62. The summed E-state index contributed by atoms with van der Waals surface area (Å²) in [5.74, 6) is 0.949. The van der Waals surface area contributed by atoms with E-state index in [1.165, 1.54) is 0 Å². The molecular formula is C13H16N4O. The van der Waals surface area contributed by atoms with Gasteiger partial charge in [0, 0.05) is 19.7 Å². The third-order valence-electron chi connectivity index (χ3n) is 2.47. The Morgan fingerprint density at radius 1 is 1.33 bits per heavy atom. The molecule has 0 saturated carbocycles. The molecule has 5 heteroatoms. The average molecular weight is 244 g/mol. The highest BCUT2D eigenvalue weighted by atomic mass is 16.5. The van der Waals surface area contributed by atoms with Gasteiger partial charge in [-0.2, -0.15) is 5.10 Å². The number of nitrogens with one attached hydrogen (secondary N) is 1. The molecule has 1 heterocycles. The van der Waals surface area contributed by atoms with Gasteiger partial charge >= 0.3 is 0 Å². The molecule has 2 aromatic rings. The van der Waals surface area contributed by atoms with Crippen molar-refractivity contribution in [3.05, 3.63) is 47.8 Å². The molecule has 3 N–H and O–H groups in total. The second kappa shape index (κ2) is 5.35. The fourth-order valence-corrected chi connectivity index (χ4v) is 1.62. The summed E-state index contributed by atoms with van der Waals surface area (Å²) in [4.78, 5) is 0. The molecule has 0 aliphatic carbocycles. The zero-order valence-electron chi connectivity index (χ0n) is 10.3. The van der Waals surface area contributed by atoms with Gasteiger partial charge < -0.3 is 10.5 Å². The van der Waals surface area contributed by atoms with Crippen molar-refractivity contribution in [1.82, 2.24) is 9.78 Å². The summed E-state index contributed by atoms with van der Waals surface area (Å²) in [5.41, 5.74) is 7.24. The minimum atomic E-state index is 0.164. The first-order valence-electron chi connectivity index (χ1n) is 5.66. The maximum atomic E-state index is 7.22. The number of aryl methyl sites for hydroxylation is 1. The SMILES string of the molecule is Cn1ccc(COc2ccc(CC(=N)N)cc2)n1. The number of ether oxygens (including phenoxy) is 1. The first-order valence-corrected chi connectivity index (χ1v) is 5.66. The summed E-state index contributed by atoms with van der Waals surface area (Å²) in [6, 6.07) is 9.50. The quantitative estimate of drug-likeness (QED) is 0.617. The van der Waals surface area contributed by atoms with Gasteiger partial charge in [0.05, 0.1) is 11.5 Å². The average Bonchev–Trinajstić information content (AvgIpc) is 2.74. The fraction of sp³-hybridized carbons (Fsp3) is 0.231. The standard InChI is InChI=1S/C13H16N4O/c1-17-7-6-11(16-17)9-18-12-4-2-10(3-5-12)8-13(14)15/h2-7H,8-9H2,1H3,(H3,14,15). The predicted molar refractivity (Wildman–Crippen MR) is 69.6 cm³/mol. The third-order valence-corrected chi connectivity index (χ3v) is 2.47. The van der Waals surface area contributed by atoms with Crippen LogP contribution in [0.15, 0.2) is 36.5 Å². The number of nitrogens with two attached hydrogens (primary N) is 1. The lowest BCUT2D eigenvalue weighted by Crippen LogP contribution is -2.12. The molecule has 5 nitrogen and oxygen atoms in total. The molecular weight excluding hydrogens is 228 g/mol. The zero-order valence-corrected chi connectivity index (χ0v) is 10.3. The van der Waals surface area contributed by atoms with Gasteiger partial charge in [0.2, 0.25) is 0 Å². The number of aromatic nitrogens is 2. The van der Waals surface area contributed by atoms with Crippen LogP contribution in [0, 0.1) is 5.41 Å². The second-order valence-electron chi connectivity index (χ2n) is 4.12. The van der Waals surface area contributed by atoms with Crippen LogP contribution in [0.2, 0.25) is 0 Å². The van der Waals surface area contributed by atoms with Crippen LogP contribution in [0.1, 0.15) is 11.3 Å². The van der Waals surface area contributed by atoms with Crippen LogP contribution < -0.4 is 10.5 Å². The monoisotopic (exact) mass is 244 g/mol. The molecule has 0 fully saturated rings. The molecule has 0 unspecified atom stereocenters. The van der Waals surface area contributed by atoms with E-state index in [9.17, 15) is 0 Å². The Labute approximate surface area is 106 Å². The van der Waals surface area contributed by atoms with E-state index in [1.807, 2.05) is 43.6 Å². The van der Waals surface area contributed by atoms with E-state index in [0.717, 1.165) is 17.0 Å². The molecule has 0 atom stereocenters. The molecule has 0 amide bonds. The van der Waals surface area contributed by atoms with Gasteiger partial charge in [0.15, 0.2) is 0 Å². The van der Waals surface area contributed by atoms with E-state index >= 15 is 0 Å². The lowest BCUT2D eigenvalue weighted by molar-refractivity contribution is 0.300. The fourth-order valence-electron chi connectivity index (χ4n) is 1.62. The lowest BCUT2D eigenvalue weighted by atomic mass is 10.1. The van der Waals surface area contributed by atoms with E-state index in [0.29, 0.717) is 13.0 Å². The number of hydrogen-bond acceptors (Lipinski definition) is 3. The van der Waals surface area contributed by atoms with Crippen LogP contribution in [-0.4, -0.2) is 15.6 Å². The van der Waals surface area contributed by atoms with E-state index in [4.69, 9.17) is 15.9 Å². The van der Waals surface area contributed by atoms with Crippen LogP contribution >= 0.6 is 0 Å². The Bertz CT molecular complexity index is 530. The van der Waals surface area contributed by atoms with Crippen molar-refractivity contribution in [2.45, 2.75) is 13.0 Å². The summed E-state index contributed by atoms with van der Waals surface area (Å²) in [7, 11) is 1.88. The topological polar surface area (TPSA) is 76.9 Å². The normalized spacial score (nSPS) is 10.3. The lowest BCUT2D eigenvalue weighted by Gasteiger charge is -2.05. The van der Waals surface area contributed by atoms with E-state index < -0.39 is 0 Å². The van der Waals surface area contributed by atoms with E-state index in [2.05, 4.69) is 5.10 Å². The molecule has 0 aliphatic rings. The Morgan fingerprint density at radius 3 is 2.61 bits per heavy atom. The van der Waals surface area contributed by atoms with Crippen LogP contribution in [0.3, 0.4) is 0 Å². The Balaban J connectivity index is 1.92. The maximum absolute atomic E-state index is 7.22. The third kappa shape index (κ3) is 3.35. The van der Waals surface area contributed by atoms with Gasteiger partial charge in [-0.15, -0.1) is 0 Å². The zero-order chi connectivity index (χ0) is 13.0. The van der Waals surface area contributed by atoms with Crippen molar-refractivity contribution < 1.29 is 4.74 Å². The largest absolute Gasteiger partial charge is 0.487 e. The van der Waals surface area contributed by atoms with E-state index in [1.54, 1.807) is 4.68 Å². The van der Waals surface area contributed by atoms with Gasteiger partial charge in [0.1, 0.15) is 12.4 Å². The highest BCUT2D eigenvalue weighted by Gasteiger charge is 2.00. The first kappa shape index (κ1) is 12.2. The van der Waals surface area contributed by atoms with Crippen molar-refractivity contribution in [2.24, 2.45) is 12.8 Å². The maximum Gasteiger partial charge on any atom is 0.132 e. The predicted octanol–water partition coefficient (Wildman–Crippen LogP) is 1.48. The number of nitrogens with zero attached hydrogens (tertiary/aromatic N) is 2. The minimum Gasteiger partial charge on any atom is -0.487 e. The van der Waals surface area contributed by atoms with Crippen molar-refractivity contribution in [3.63, 3.8) is 0 Å². The molecule has 1 aromatic heterocycles. The molecule has 0 spiro atoms. The van der Waals surface area contributed by atoms with Crippen LogP contribution in [0.5, 0.6) is 5.75 Å². The van der Waals surface area contributed by atoms with Gasteiger partial charge in [-0.05, 0) is 23.8 Å². The summed E-state index contributed by atoms with van der Waals surface area (Å²) in [5, 5.41) is 11.4. The molecule has 0 bridgehead atoms.